The Morgan fingerprint density at radius 2 is 1.16 bits per heavy atom. The number of hydrogen-bond acceptors (Lipinski definition) is 16. The molecule has 1 amide bonds. The summed E-state index contributed by atoms with van der Waals surface area (Å²) >= 11 is 0. The number of carboxylic acid groups (broad SMARTS) is 2. The molecule has 0 saturated carbocycles. The summed E-state index contributed by atoms with van der Waals surface area (Å²) in [6, 6.07) is -1.36. The van der Waals surface area contributed by atoms with Gasteiger partial charge in [0.1, 0.15) is 42.7 Å². The minimum atomic E-state index is -1.83. The number of ether oxygens (including phenoxy) is 8. The Labute approximate surface area is 295 Å². The lowest BCUT2D eigenvalue weighted by atomic mass is 9.84. The predicted octanol–water partition coefficient (Wildman–Crippen LogP) is -2.25. The maximum Gasteiger partial charge on any atom is 0.335 e. The van der Waals surface area contributed by atoms with Crippen LogP contribution in [-0.4, -0.2) is 166 Å². The highest BCUT2D eigenvalue weighted by Gasteiger charge is 2.56. The van der Waals surface area contributed by atoms with E-state index >= 15 is 0 Å². The number of hydrogen-bond donors (Lipinski definition) is 8. The number of carboxylic acids is 2. The molecule has 4 heterocycles. The lowest BCUT2D eigenvalue weighted by Gasteiger charge is -2.50. The molecule has 0 aromatic heterocycles. The maximum atomic E-state index is 12.5. The van der Waals surface area contributed by atoms with E-state index < -0.39 is 146 Å². The highest BCUT2D eigenvalue weighted by Crippen LogP contribution is 2.39. The van der Waals surface area contributed by atoms with E-state index in [-0.39, 0.29) is 6.42 Å². The first-order chi connectivity index (χ1) is 24.0. The van der Waals surface area contributed by atoms with Crippen LogP contribution < -0.4 is 5.32 Å². The average molecular weight is 740 g/mol. The van der Waals surface area contributed by atoms with E-state index in [0.29, 0.717) is 0 Å². The van der Waals surface area contributed by atoms with Crippen molar-refractivity contribution in [2.75, 3.05) is 13.7 Å². The summed E-state index contributed by atoms with van der Waals surface area (Å²) in [4.78, 5) is 37.2. The van der Waals surface area contributed by atoms with Gasteiger partial charge in [0.15, 0.2) is 37.4 Å². The minimum Gasteiger partial charge on any atom is -0.479 e. The first-order valence-electron chi connectivity index (χ1n) is 17.1. The van der Waals surface area contributed by atoms with Crippen molar-refractivity contribution in [2.45, 2.75) is 146 Å². The predicted molar refractivity (Wildman–Crippen MR) is 167 cm³/mol. The van der Waals surface area contributed by atoms with Crippen LogP contribution in [0.2, 0.25) is 0 Å². The van der Waals surface area contributed by atoms with Gasteiger partial charge in [0.25, 0.3) is 0 Å². The molecule has 0 aromatic rings. The maximum absolute atomic E-state index is 12.5. The minimum absolute atomic E-state index is 0.181. The van der Waals surface area contributed by atoms with Gasteiger partial charge < -0.3 is 79.0 Å². The summed E-state index contributed by atoms with van der Waals surface area (Å²) in [7, 11) is 1.24. The fourth-order valence-electron chi connectivity index (χ4n) is 7.07. The molecule has 0 bridgehead atoms. The molecular formula is C32H53NO18. The van der Waals surface area contributed by atoms with E-state index in [2.05, 4.69) is 5.32 Å². The fraction of sp³-hybridized carbons (Fsp3) is 0.906. The van der Waals surface area contributed by atoms with Gasteiger partial charge in [-0.05, 0) is 12.3 Å². The third kappa shape index (κ3) is 8.66. The van der Waals surface area contributed by atoms with Crippen molar-refractivity contribution in [3.05, 3.63) is 0 Å². The number of aliphatic hydroxyl groups excluding tert-OH is 5. The van der Waals surface area contributed by atoms with Crippen LogP contribution in [0.25, 0.3) is 0 Å². The lowest BCUT2D eigenvalue weighted by molar-refractivity contribution is -0.361. The first kappa shape index (κ1) is 41.6. The largest absolute Gasteiger partial charge is 0.479 e. The highest BCUT2D eigenvalue weighted by molar-refractivity contribution is 5.74. The van der Waals surface area contributed by atoms with Gasteiger partial charge >= 0.3 is 11.9 Å². The summed E-state index contributed by atoms with van der Waals surface area (Å²) in [5.41, 5.74) is 0. The van der Waals surface area contributed by atoms with Crippen LogP contribution in [0.1, 0.15) is 48.0 Å². The molecule has 4 aliphatic heterocycles. The molecule has 294 valence electrons. The van der Waals surface area contributed by atoms with Crippen LogP contribution in [0.5, 0.6) is 0 Å². The summed E-state index contributed by atoms with van der Waals surface area (Å²) in [6.07, 6.45) is -20.4. The summed E-state index contributed by atoms with van der Waals surface area (Å²) in [5, 5.41) is 76.5. The molecule has 4 rings (SSSR count). The van der Waals surface area contributed by atoms with Crippen LogP contribution in [0, 0.1) is 23.7 Å². The van der Waals surface area contributed by atoms with Gasteiger partial charge in [-0.3, -0.25) is 4.79 Å². The smallest absolute Gasteiger partial charge is 0.335 e. The van der Waals surface area contributed by atoms with E-state index in [4.69, 9.17) is 37.9 Å². The van der Waals surface area contributed by atoms with E-state index in [9.17, 15) is 50.1 Å². The van der Waals surface area contributed by atoms with Gasteiger partial charge in [0.05, 0.1) is 24.9 Å². The van der Waals surface area contributed by atoms with Gasteiger partial charge in [-0.25, -0.2) is 9.59 Å². The number of carbonyl (C=O) groups is 3. The second-order valence-electron chi connectivity index (χ2n) is 13.9. The van der Waals surface area contributed by atoms with Crippen molar-refractivity contribution in [3.8, 4) is 0 Å². The number of rotatable bonds is 12. The van der Waals surface area contributed by atoms with Crippen LogP contribution in [0.15, 0.2) is 0 Å². The Bertz CT molecular complexity index is 1190. The molecule has 0 aromatic carbocycles. The molecule has 19 heteroatoms. The Hall–Kier alpha value is -2.11. The lowest BCUT2D eigenvalue weighted by Crippen LogP contribution is -2.68. The number of nitrogens with one attached hydrogen (secondary N) is 1. The number of amides is 1. The van der Waals surface area contributed by atoms with Gasteiger partial charge in [0.2, 0.25) is 5.91 Å². The van der Waals surface area contributed by atoms with Crippen molar-refractivity contribution in [1.82, 2.24) is 5.32 Å². The van der Waals surface area contributed by atoms with Crippen molar-refractivity contribution < 1.29 is 88.0 Å². The Kier molecular flexibility index (Phi) is 14.2. The van der Waals surface area contributed by atoms with Crippen LogP contribution >= 0.6 is 0 Å². The molecular weight excluding hydrogens is 686 g/mol. The van der Waals surface area contributed by atoms with Crippen LogP contribution in [0.4, 0.5) is 0 Å². The van der Waals surface area contributed by atoms with Crippen molar-refractivity contribution in [2.24, 2.45) is 23.7 Å². The summed E-state index contributed by atoms with van der Waals surface area (Å²) in [6.45, 7) is 8.77. The summed E-state index contributed by atoms with van der Waals surface area (Å²) < 4.78 is 46.5. The zero-order valence-electron chi connectivity index (χ0n) is 29.6. The quantitative estimate of drug-likeness (QED) is 0.105. The Morgan fingerprint density at radius 1 is 0.627 bits per heavy atom. The number of aliphatic carboxylic acids is 2. The molecule has 4 saturated heterocycles. The van der Waals surface area contributed by atoms with Crippen molar-refractivity contribution >= 4 is 17.8 Å². The highest BCUT2D eigenvalue weighted by atomic mass is 16.8. The molecule has 4 aliphatic rings. The van der Waals surface area contributed by atoms with E-state index in [1.54, 1.807) is 20.8 Å². The first-order valence-corrected chi connectivity index (χ1v) is 17.1. The average Bonchev–Trinajstić information content (AvgIpc) is 3.08. The molecule has 20 atom stereocenters. The zero-order valence-corrected chi connectivity index (χ0v) is 29.6. The Morgan fingerprint density at radius 3 is 1.71 bits per heavy atom. The van der Waals surface area contributed by atoms with Crippen LogP contribution in [-0.2, 0) is 52.3 Å². The van der Waals surface area contributed by atoms with E-state index in [1.165, 1.54) is 27.9 Å². The van der Waals surface area contributed by atoms with Crippen LogP contribution in [0.3, 0.4) is 0 Å². The normalized spacial score (nSPS) is 47.8. The monoisotopic (exact) mass is 739 g/mol. The topological polar surface area (TPSA) is 279 Å². The molecule has 19 nitrogen and oxygen atoms in total. The number of methoxy groups -OCH3 is 1. The fourth-order valence-corrected chi connectivity index (χ4v) is 7.07. The van der Waals surface area contributed by atoms with Gasteiger partial charge in [0, 0.05) is 31.8 Å². The van der Waals surface area contributed by atoms with Gasteiger partial charge in [-0.2, -0.15) is 0 Å². The second-order valence-corrected chi connectivity index (χ2v) is 13.9. The molecule has 0 radical (unpaired) electrons. The van der Waals surface area contributed by atoms with Gasteiger partial charge in [-0.1, -0.05) is 34.6 Å². The summed E-state index contributed by atoms with van der Waals surface area (Å²) in [5.74, 6) is -6.37. The SMILES string of the molecule is CCC1O[C@@H](O[C@H]2C(C(=O)O)O[C@@H](OC)C(O)[C@H]2C)C(NC(C)=O)[C@@H](O[C@@H]2OC(C(=O)O)[C@H](O[C@@H]3OC(CO)[C@H](O)[C@H](C)C3C)[C@H](O)C2C)[C@H]1O. The van der Waals surface area contributed by atoms with E-state index in [1.807, 2.05) is 0 Å². The van der Waals surface area contributed by atoms with Crippen molar-refractivity contribution in [3.63, 3.8) is 0 Å². The third-order valence-corrected chi connectivity index (χ3v) is 10.5. The van der Waals surface area contributed by atoms with E-state index in [0.717, 1.165) is 0 Å². The molecule has 8 N–H and O–H groups in total. The van der Waals surface area contributed by atoms with Crippen molar-refractivity contribution in [1.29, 1.82) is 0 Å². The Balaban J connectivity index is 1.60. The second kappa shape index (κ2) is 17.4. The number of carbonyl (C=O) groups excluding carboxylic acids is 1. The van der Waals surface area contributed by atoms with Gasteiger partial charge in [-0.15, -0.1) is 0 Å². The zero-order chi connectivity index (χ0) is 38.1. The standard InChI is InChI=1S/C32H53NO18/c1-8-15-21(39)23(17(33-14(6)35)31(45-15)47-22-12(4)20(38)32(44-7)51-25(22)27(40)41)48-30-13(5)19(37)24(26(50-30)28(42)43)49-29-11(3)10(2)18(36)16(9-34)46-29/h10-13,15-26,29-32,34,36-39H,8-9H2,1-7H3,(H,33,35)(H,40,41)(H,42,43)/t10-,11?,12-,13?,15?,16?,17?,18-,19-,20?,21+,22-,23-,24-,25?,26?,29+,30-,31+,32-/m1/s1. The number of aliphatic hydroxyl groups is 5. The molecule has 8 unspecified atom stereocenters. The molecule has 51 heavy (non-hydrogen) atoms. The third-order valence-electron chi connectivity index (χ3n) is 10.5. The molecule has 0 spiro atoms. The molecule has 4 fully saturated rings. The molecule has 0 aliphatic carbocycles.